The summed E-state index contributed by atoms with van der Waals surface area (Å²) in [6, 6.07) is 13.0. The quantitative estimate of drug-likeness (QED) is 0.649. The second-order valence-electron chi connectivity index (χ2n) is 7.17. The summed E-state index contributed by atoms with van der Waals surface area (Å²) in [4.78, 5) is 27.9. The first kappa shape index (κ1) is 16.7. The van der Waals surface area contributed by atoms with Crippen LogP contribution in [0.3, 0.4) is 0 Å². The van der Waals surface area contributed by atoms with Crippen molar-refractivity contribution in [1.29, 1.82) is 0 Å². The Morgan fingerprint density at radius 3 is 2.68 bits per heavy atom. The summed E-state index contributed by atoms with van der Waals surface area (Å²) in [5.41, 5.74) is 2.45. The predicted octanol–water partition coefficient (Wildman–Crippen LogP) is 3.17. The number of rotatable bonds is 4. The van der Waals surface area contributed by atoms with Gasteiger partial charge in [-0.15, -0.1) is 0 Å². The van der Waals surface area contributed by atoms with Crippen molar-refractivity contribution in [1.82, 2.24) is 10.3 Å². The van der Waals surface area contributed by atoms with Gasteiger partial charge in [-0.3, -0.25) is 9.59 Å². The second kappa shape index (κ2) is 6.02. The first-order valence-corrected chi connectivity index (χ1v) is 9.15. The summed E-state index contributed by atoms with van der Waals surface area (Å²) >= 11 is 0. The van der Waals surface area contributed by atoms with E-state index in [4.69, 9.17) is 9.47 Å². The first-order valence-electron chi connectivity index (χ1n) is 9.15. The van der Waals surface area contributed by atoms with Gasteiger partial charge in [0.15, 0.2) is 11.5 Å². The summed E-state index contributed by atoms with van der Waals surface area (Å²) in [6.07, 6.45) is 1.59. The molecule has 2 aromatic carbocycles. The highest BCUT2D eigenvalue weighted by atomic mass is 16.7. The minimum atomic E-state index is -0.526. The molecular weight excluding hydrogens is 358 g/mol. The summed E-state index contributed by atoms with van der Waals surface area (Å²) in [6.45, 7) is 0.215. The summed E-state index contributed by atoms with van der Waals surface area (Å²) < 4.78 is 10.8. The lowest BCUT2D eigenvalue weighted by Crippen LogP contribution is -2.27. The summed E-state index contributed by atoms with van der Waals surface area (Å²) in [5.74, 6) is 1.19. The maximum Gasteiger partial charge on any atom is 0.267 e. The molecule has 0 saturated heterocycles. The highest BCUT2D eigenvalue weighted by Gasteiger charge is 2.51. The number of aromatic amines is 1. The standard InChI is InChI=1S/C21H19N3O4.H2/c1-22-19(25)16-9-12-8-14(3-4-15(12)24-16)23-20(26)21(6-7-21)13-2-5-17-18(10-13)28-11-27-17;/h2-5,8-10,24H,6-7,11H2,1H3,(H,22,25)(H,23,26);1H. The van der Waals surface area contributed by atoms with E-state index >= 15 is 0 Å². The van der Waals surface area contributed by atoms with Gasteiger partial charge in [0, 0.05) is 25.1 Å². The van der Waals surface area contributed by atoms with Gasteiger partial charge in [-0.1, -0.05) is 6.07 Å². The number of anilines is 1. The largest absolute Gasteiger partial charge is 0.454 e. The lowest BCUT2D eigenvalue weighted by molar-refractivity contribution is -0.118. The zero-order chi connectivity index (χ0) is 19.3. The lowest BCUT2D eigenvalue weighted by atomic mass is 9.94. The number of H-pyrrole nitrogens is 1. The van der Waals surface area contributed by atoms with Gasteiger partial charge >= 0.3 is 0 Å². The van der Waals surface area contributed by atoms with Crippen molar-refractivity contribution in [3.63, 3.8) is 0 Å². The zero-order valence-corrected chi connectivity index (χ0v) is 15.3. The van der Waals surface area contributed by atoms with Crippen LogP contribution in [0, 0.1) is 0 Å². The Morgan fingerprint density at radius 2 is 1.89 bits per heavy atom. The van der Waals surface area contributed by atoms with E-state index in [0.717, 1.165) is 29.3 Å². The molecule has 5 rings (SSSR count). The molecule has 7 nitrogen and oxygen atoms in total. The molecule has 1 aliphatic heterocycles. The van der Waals surface area contributed by atoms with Crippen LogP contribution in [0.15, 0.2) is 42.5 Å². The topological polar surface area (TPSA) is 92.5 Å². The molecule has 1 aliphatic carbocycles. The molecule has 3 aromatic rings. The fourth-order valence-corrected chi connectivity index (χ4v) is 3.68. The third kappa shape index (κ3) is 2.58. The Hall–Kier alpha value is -3.48. The first-order chi connectivity index (χ1) is 13.6. The lowest BCUT2D eigenvalue weighted by Gasteiger charge is -2.16. The number of aromatic nitrogens is 1. The van der Waals surface area contributed by atoms with Gasteiger partial charge in [0.05, 0.1) is 5.41 Å². The van der Waals surface area contributed by atoms with Crippen LogP contribution in [0.2, 0.25) is 0 Å². The Kier molecular flexibility index (Phi) is 3.58. The van der Waals surface area contributed by atoms with Crippen molar-refractivity contribution < 1.29 is 20.5 Å². The van der Waals surface area contributed by atoms with Crippen molar-refractivity contribution in [3.05, 3.63) is 53.7 Å². The van der Waals surface area contributed by atoms with Crippen LogP contribution in [0.5, 0.6) is 11.5 Å². The predicted molar refractivity (Wildman–Crippen MR) is 106 cm³/mol. The average Bonchev–Trinajstić information content (AvgIpc) is 3.20. The Bertz CT molecular complexity index is 1120. The summed E-state index contributed by atoms with van der Waals surface area (Å²) in [7, 11) is 1.59. The molecule has 144 valence electrons. The van der Waals surface area contributed by atoms with Gasteiger partial charge in [0.25, 0.3) is 5.91 Å². The zero-order valence-electron chi connectivity index (χ0n) is 15.3. The van der Waals surface area contributed by atoms with Crippen molar-refractivity contribution in [2.75, 3.05) is 19.2 Å². The fraction of sp³-hybridized carbons (Fsp3) is 0.238. The molecule has 1 saturated carbocycles. The van der Waals surface area contributed by atoms with Gasteiger partial charge in [-0.05, 0) is 54.8 Å². The maximum atomic E-state index is 13.0. The van der Waals surface area contributed by atoms with Gasteiger partial charge < -0.3 is 25.1 Å². The molecule has 0 bridgehead atoms. The molecule has 0 atom stereocenters. The number of nitrogens with one attached hydrogen (secondary N) is 3. The number of carbonyl (C=O) groups excluding carboxylic acids is 2. The Labute approximate surface area is 162 Å². The normalized spacial score (nSPS) is 16.0. The van der Waals surface area contributed by atoms with Crippen molar-refractivity contribution in [2.24, 2.45) is 0 Å². The molecule has 2 aliphatic rings. The van der Waals surface area contributed by atoms with Crippen molar-refractivity contribution in [3.8, 4) is 11.5 Å². The monoisotopic (exact) mass is 379 g/mol. The van der Waals surface area contributed by atoms with Crippen molar-refractivity contribution >= 4 is 28.4 Å². The molecule has 0 radical (unpaired) electrons. The number of hydrogen-bond donors (Lipinski definition) is 3. The van der Waals surface area contributed by atoms with Crippen LogP contribution >= 0.6 is 0 Å². The molecule has 2 amide bonds. The minimum absolute atomic E-state index is 0. The number of carbonyl (C=O) groups is 2. The summed E-state index contributed by atoms with van der Waals surface area (Å²) in [5, 5.41) is 6.49. The average molecular weight is 379 g/mol. The molecule has 1 aromatic heterocycles. The molecular formula is C21H21N3O4. The second-order valence-corrected chi connectivity index (χ2v) is 7.17. The number of hydrogen-bond acceptors (Lipinski definition) is 4. The Morgan fingerprint density at radius 1 is 1.07 bits per heavy atom. The molecule has 3 N–H and O–H groups in total. The van der Waals surface area contributed by atoms with Gasteiger partial charge in [0.1, 0.15) is 5.69 Å². The third-order valence-electron chi connectivity index (χ3n) is 5.46. The van der Waals surface area contributed by atoms with E-state index in [1.807, 2.05) is 36.4 Å². The highest BCUT2D eigenvalue weighted by Crippen LogP contribution is 2.51. The SMILES string of the molecule is CNC(=O)c1cc2cc(NC(=O)C3(c4ccc5c(c4)OCO5)CC3)ccc2[nH]1.[HH]. The highest BCUT2D eigenvalue weighted by molar-refractivity contribution is 6.03. The van der Waals surface area contributed by atoms with Gasteiger partial charge in [-0.25, -0.2) is 0 Å². The van der Waals surface area contributed by atoms with Crippen LogP contribution in [0.4, 0.5) is 5.69 Å². The van der Waals surface area contributed by atoms with Crippen LogP contribution in [-0.4, -0.2) is 30.6 Å². The number of fused-ring (bicyclic) bond motifs is 2. The number of ether oxygens (including phenoxy) is 2. The van der Waals surface area contributed by atoms with Crippen LogP contribution < -0.4 is 20.1 Å². The fourth-order valence-electron chi connectivity index (χ4n) is 3.68. The van der Waals surface area contributed by atoms with Crippen LogP contribution in [0.25, 0.3) is 10.9 Å². The molecule has 1 fully saturated rings. The van der Waals surface area contributed by atoms with Gasteiger partial charge in [0.2, 0.25) is 12.7 Å². The Balaban J connectivity index is 0.00000205. The van der Waals surface area contributed by atoms with Gasteiger partial charge in [-0.2, -0.15) is 0 Å². The molecule has 0 unspecified atom stereocenters. The maximum absolute atomic E-state index is 13.0. The van der Waals surface area contributed by atoms with E-state index in [0.29, 0.717) is 22.9 Å². The van der Waals surface area contributed by atoms with E-state index in [2.05, 4.69) is 15.6 Å². The molecule has 0 spiro atoms. The third-order valence-corrected chi connectivity index (χ3v) is 5.46. The van der Waals surface area contributed by atoms with Crippen LogP contribution in [0.1, 0.15) is 30.3 Å². The van der Waals surface area contributed by atoms with E-state index in [9.17, 15) is 9.59 Å². The van der Waals surface area contributed by atoms with Crippen molar-refractivity contribution in [2.45, 2.75) is 18.3 Å². The number of benzene rings is 2. The smallest absolute Gasteiger partial charge is 0.267 e. The minimum Gasteiger partial charge on any atom is -0.454 e. The molecule has 2 heterocycles. The van der Waals surface area contributed by atoms with E-state index in [1.54, 1.807) is 13.1 Å². The van der Waals surface area contributed by atoms with E-state index in [-0.39, 0.29) is 20.0 Å². The van der Waals surface area contributed by atoms with E-state index < -0.39 is 5.41 Å². The molecule has 28 heavy (non-hydrogen) atoms. The molecule has 7 heteroatoms. The van der Waals surface area contributed by atoms with E-state index in [1.165, 1.54) is 0 Å². The number of amides is 2. The van der Waals surface area contributed by atoms with Crippen LogP contribution in [-0.2, 0) is 10.2 Å².